The third kappa shape index (κ3) is 2.95. The molecule has 0 aliphatic heterocycles. The zero-order valence-corrected chi connectivity index (χ0v) is 10.2. The molecule has 0 bridgehead atoms. The Labute approximate surface area is 105 Å². The van der Waals surface area contributed by atoms with Crippen LogP contribution in [0.2, 0.25) is 0 Å². The molecule has 0 aliphatic carbocycles. The van der Waals surface area contributed by atoms with Gasteiger partial charge < -0.3 is 15.5 Å². The second-order valence-electron chi connectivity index (χ2n) is 4.13. The Kier molecular flexibility index (Phi) is 3.74. The van der Waals surface area contributed by atoms with Crippen molar-refractivity contribution in [2.24, 2.45) is 7.05 Å². The SMILES string of the molecule is C[n+]1ccc(CNCc2ccncc2O)c(O)c1. The van der Waals surface area contributed by atoms with Crippen molar-refractivity contribution in [1.82, 2.24) is 10.3 Å². The van der Waals surface area contributed by atoms with Crippen molar-refractivity contribution in [3.8, 4) is 11.5 Å². The highest BCUT2D eigenvalue weighted by molar-refractivity contribution is 5.29. The summed E-state index contributed by atoms with van der Waals surface area (Å²) in [7, 11) is 1.85. The second kappa shape index (κ2) is 5.46. The van der Waals surface area contributed by atoms with Crippen molar-refractivity contribution < 1.29 is 14.8 Å². The molecule has 0 spiro atoms. The van der Waals surface area contributed by atoms with Crippen molar-refractivity contribution in [3.63, 3.8) is 0 Å². The summed E-state index contributed by atoms with van der Waals surface area (Å²) in [6.45, 7) is 1.06. The summed E-state index contributed by atoms with van der Waals surface area (Å²) in [5, 5.41) is 22.4. The molecule has 0 aliphatic rings. The molecule has 0 unspecified atom stereocenters. The molecule has 2 rings (SSSR count). The first kappa shape index (κ1) is 12.3. The Morgan fingerprint density at radius 3 is 2.56 bits per heavy atom. The fraction of sp³-hybridized carbons (Fsp3) is 0.231. The summed E-state index contributed by atoms with van der Waals surface area (Å²) in [6.07, 6.45) is 6.58. The maximum Gasteiger partial charge on any atom is 0.211 e. The van der Waals surface area contributed by atoms with E-state index in [-0.39, 0.29) is 11.5 Å². The van der Waals surface area contributed by atoms with Crippen molar-refractivity contribution >= 4 is 0 Å². The quantitative estimate of drug-likeness (QED) is 0.691. The van der Waals surface area contributed by atoms with Crippen LogP contribution in [0.15, 0.2) is 36.9 Å². The highest BCUT2D eigenvalue weighted by atomic mass is 16.3. The number of hydrogen-bond donors (Lipinski definition) is 3. The maximum atomic E-state index is 9.72. The van der Waals surface area contributed by atoms with Crippen molar-refractivity contribution in [1.29, 1.82) is 0 Å². The van der Waals surface area contributed by atoms with Crippen LogP contribution in [0.25, 0.3) is 0 Å². The lowest BCUT2D eigenvalue weighted by Gasteiger charge is -2.07. The van der Waals surface area contributed by atoms with E-state index in [2.05, 4.69) is 10.3 Å². The minimum absolute atomic E-state index is 0.175. The van der Waals surface area contributed by atoms with Gasteiger partial charge in [0.15, 0.2) is 11.9 Å². The molecule has 0 amide bonds. The van der Waals surface area contributed by atoms with Crippen LogP contribution in [0.3, 0.4) is 0 Å². The lowest BCUT2D eigenvalue weighted by molar-refractivity contribution is -0.671. The van der Waals surface area contributed by atoms with E-state index < -0.39 is 0 Å². The Morgan fingerprint density at radius 1 is 1.17 bits per heavy atom. The Balaban J connectivity index is 1.95. The third-order valence-corrected chi connectivity index (χ3v) is 2.68. The number of pyridine rings is 2. The predicted molar refractivity (Wildman–Crippen MR) is 65.7 cm³/mol. The summed E-state index contributed by atoms with van der Waals surface area (Å²) in [4.78, 5) is 3.81. The first-order chi connectivity index (χ1) is 8.66. The highest BCUT2D eigenvalue weighted by Crippen LogP contribution is 2.15. The van der Waals surface area contributed by atoms with Gasteiger partial charge in [0.1, 0.15) is 12.8 Å². The van der Waals surface area contributed by atoms with Gasteiger partial charge in [-0.1, -0.05) is 0 Å². The molecular formula is C13H16N3O2+. The molecule has 0 aromatic carbocycles. The minimum atomic E-state index is 0.175. The lowest BCUT2D eigenvalue weighted by atomic mass is 10.2. The molecule has 0 radical (unpaired) electrons. The van der Waals surface area contributed by atoms with Gasteiger partial charge in [0, 0.05) is 36.5 Å². The van der Waals surface area contributed by atoms with Gasteiger partial charge in [0.2, 0.25) is 6.20 Å². The molecule has 2 aromatic rings. The average Bonchev–Trinajstić information content (AvgIpc) is 2.34. The summed E-state index contributed by atoms with van der Waals surface area (Å²) in [5.74, 6) is 0.431. The maximum absolute atomic E-state index is 9.72. The molecule has 2 heterocycles. The molecule has 2 aromatic heterocycles. The van der Waals surface area contributed by atoms with Gasteiger partial charge in [-0.05, 0) is 6.07 Å². The van der Waals surface area contributed by atoms with Gasteiger partial charge in [-0.25, -0.2) is 4.57 Å². The Hall–Kier alpha value is -2.14. The van der Waals surface area contributed by atoms with E-state index in [4.69, 9.17) is 0 Å². The van der Waals surface area contributed by atoms with Gasteiger partial charge >= 0.3 is 0 Å². The standard InChI is InChI=1S/C13H15N3O2/c1-16-5-3-11(13(18)9-16)7-15-6-10-2-4-14-8-12(10)17/h2-5,8-9,15H,6-7H2,1H3,(H-,17,18)/p+1. The van der Waals surface area contributed by atoms with E-state index in [0.717, 1.165) is 11.1 Å². The largest absolute Gasteiger partial charge is 0.506 e. The van der Waals surface area contributed by atoms with E-state index >= 15 is 0 Å². The normalized spacial score (nSPS) is 10.5. The summed E-state index contributed by atoms with van der Waals surface area (Å²) in [5.41, 5.74) is 1.60. The molecule has 18 heavy (non-hydrogen) atoms. The summed E-state index contributed by atoms with van der Waals surface area (Å²) >= 11 is 0. The Morgan fingerprint density at radius 2 is 1.89 bits per heavy atom. The zero-order valence-electron chi connectivity index (χ0n) is 10.2. The number of nitrogens with zero attached hydrogens (tertiary/aromatic N) is 2. The van der Waals surface area contributed by atoms with Crippen LogP contribution in [-0.2, 0) is 20.1 Å². The van der Waals surface area contributed by atoms with Gasteiger partial charge in [-0.3, -0.25) is 4.98 Å². The van der Waals surface area contributed by atoms with E-state index in [1.807, 2.05) is 19.3 Å². The van der Waals surface area contributed by atoms with Crippen LogP contribution in [0.1, 0.15) is 11.1 Å². The van der Waals surface area contributed by atoms with E-state index in [1.165, 1.54) is 6.20 Å². The monoisotopic (exact) mass is 246 g/mol. The predicted octanol–water partition coefficient (Wildman–Crippen LogP) is 0.607. The molecule has 94 valence electrons. The molecular weight excluding hydrogens is 230 g/mol. The van der Waals surface area contributed by atoms with Crippen molar-refractivity contribution in [2.75, 3.05) is 0 Å². The summed E-state index contributed by atoms with van der Waals surface area (Å²) < 4.78 is 1.79. The number of aromatic hydroxyl groups is 2. The molecule has 3 N–H and O–H groups in total. The lowest BCUT2D eigenvalue weighted by Crippen LogP contribution is -2.26. The van der Waals surface area contributed by atoms with Crippen molar-refractivity contribution in [2.45, 2.75) is 13.1 Å². The number of aryl methyl sites for hydroxylation is 1. The van der Waals surface area contributed by atoms with Crippen LogP contribution >= 0.6 is 0 Å². The Bertz CT molecular complexity index is 544. The van der Waals surface area contributed by atoms with Gasteiger partial charge in [-0.2, -0.15) is 0 Å². The average molecular weight is 246 g/mol. The topological polar surface area (TPSA) is 69.3 Å². The summed E-state index contributed by atoms with van der Waals surface area (Å²) in [6, 6.07) is 3.61. The van der Waals surface area contributed by atoms with Gasteiger partial charge in [0.25, 0.3) is 0 Å². The van der Waals surface area contributed by atoms with Crippen LogP contribution in [-0.4, -0.2) is 15.2 Å². The molecule has 5 heteroatoms. The van der Waals surface area contributed by atoms with E-state index in [1.54, 1.807) is 23.0 Å². The second-order valence-corrected chi connectivity index (χ2v) is 4.13. The molecule has 0 saturated carbocycles. The minimum Gasteiger partial charge on any atom is -0.506 e. The van der Waals surface area contributed by atoms with Crippen molar-refractivity contribution in [3.05, 3.63) is 48.0 Å². The zero-order chi connectivity index (χ0) is 13.0. The van der Waals surface area contributed by atoms with Crippen LogP contribution < -0.4 is 9.88 Å². The smallest absolute Gasteiger partial charge is 0.211 e. The highest BCUT2D eigenvalue weighted by Gasteiger charge is 2.06. The van der Waals surface area contributed by atoms with Gasteiger partial charge in [0.05, 0.1) is 6.20 Å². The van der Waals surface area contributed by atoms with E-state index in [0.29, 0.717) is 13.1 Å². The van der Waals surface area contributed by atoms with Gasteiger partial charge in [-0.15, -0.1) is 0 Å². The first-order valence-corrected chi connectivity index (χ1v) is 5.66. The van der Waals surface area contributed by atoms with E-state index in [9.17, 15) is 10.2 Å². The molecule has 5 nitrogen and oxygen atoms in total. The third-order valence-electron chi connectivity index (χ3n) is 2.68. The van der Waals surface area contributed by atoms with Crippen LogP contribution in [0.4, 0.5) is 0 Å². The number of aromatic nitrogens is 2. The number of rotatable bonds is 4. The van der Waals surface area contributed by atoms with Crippen LogP contribution in [0, 0.1) is 0 Å². The fourth-order valence-corrected chi connectivity index (χ4v) is 1.66. The molecule has 0 fully saturated rings. The number of nitrogens with one attached hydrogen (secondary N) is 1. The first-order valence-electron chi connectivity index (χ1n) is 5.66. The molecule has 0 saturated heterocycles. The number of hydrogen-bond acceptors (Lipinski definition) is 4. The fourth-order valence-electron chi connectivity index (χ4n) is 1.66. The van der Waals surface area contributed by atoms with Crippen LogP contribution in [0.5, 0.6) is 11.5 Å². The molecule has 0 atom stereocenters.